The van der Waals surface area contributed by atoms with Gasteiger partial charge < -0.3 is 14.8 Å². The maximum Gasteiger partial charge on any atom is 0.231 e. The summed E-state index contributed by atoms with van der Waals surface area (Å²) in [5.41, 5.74) is 1.46. The number of fused-ring (bicyclic) bond motifs is 1. The Balaban J connectivity index is 1.82. The third-order valence-electron chi connectivity index (χ3n) is 3.88. The quantitative estimate of drug-likeness (QED) is 0.702. The summed E-state index contributed by atoms with van der Waals surface area (Å²) in [6.45, 7) is 8.95. The summed E-state index contributed by atoms with van der Waals surface area (Å²) in [4.78, 5) is 0. The number of unbranched alkanes of at least 4 members (excludes halogenated alkanes) is 2. The highest BCUT2D eigenvalue weighted by molar-refractivity contribution is 6.32. The minimum absolute atomic E-state index is 0.260. The van der Waals surface area contributed by atoms with Crippen molar-refractivity contribution < 1.29 is 9.47 Å². The molecule has 1 N–H and O–H groups in total. The van der Waals surface area contributed by atoms with Crippen molar-refractivity contribution in [1.82, 2.24) is 5.32 Å². The lowest BCUT2D eigenvalue weighted by atomic mass is 9.87. The second kappa shape index (κ2) is 7.37. The van der Waals surface area contributed by atoms with Crippen LogP contribution in [0.25, 0.3) is 0 Å². The lowest BCUT2D eigenvalue weighted by Gasteiger charge is -2.25. The summed E-state index contributed by atoms with van der Waals surface area (Å²) < 4.78 is 10.7. The zero-order valence-electron chi connectivity index (χ0n) is 13.3. The monoisotopic (exact) mass is 311 g/mol. The Morgan fingerprint density at radius 3 is 2.81 bits per heavy atom. The van der Waals surface area contributed by atoms with Gasteiger partial charge in [0.05, 0.1) is 5.02 Å². The van der Waals surface area contributed by atoms with Gasteiger partial charge >= 0.3 is 0 Å². The highest BCUT2D eigenvalue weighted by atomic mass is 35.5. The van der Waals surface area contributed by atoms with Crippen LogP contribution in [0.15, 0.2) is 12.1 Å². The molecule has 0 bridgehead atoms. The molecule has 2 rings (SSSR count). The van der Waals surface area contributed by atoms with E-state index in [0.717, 1.165) is 24.4 Å². The van der Waals surface area contributed by atoms with E-state index >= 15 is 0 Å². The number of ether oxygens (including phenoxy) is 2. The molecule has 0 atom stereocenters. The molecule has 1 aromatic carbocycles. The van der Waals surface area contributed by atoms with Gasteiger partial charge in [0, 0.05) is 13.1 Å². The van der Waals surface area contributed by atoms with Crippen LogP contribution in [0.1, 0.15) is 52.0 Å². The van der Waals surface area contributed by atoms with Gasteiger partial charge in [0.1, 0.15) is 0 Å². The van der Waals surface area contributed by atoms with Crippen molar-refractivity contribution in [3.8, 4) is 11.5 Å². The molecular formula is C17H26ClNO2. The molecule has 1 heterocycles. The molecule has 1 aliphatic heterocycles. The molecule has 4 heteroatoms. The van der Waals surface area contributed by atoms with Crippen LogP contribution in [0.2, 0.25) is 5.02 Å². The number of benzene rings is 1. The van der Waals surface area contributed by atoms with Gasteiger partial charge in [-0.3, -0.25) is 0 Å². The topological polar surface area (TPSA) is 30.5 Å². The number of hydrogen-bond donors (Lipinski definition) is 1. The highest BCUT2D eigenvalue weighted by Gasteiger charge is 2.19. The molecule has 0 amide bonds. The van der Waals surface area contributed by atoms with E-state index in [-0.39, 0.29) is 6.79 Å². The van der Waals surface area contributed by atoms with E-state index in [1.165, 1.54) is 25.7 Å². The molecule has 0 fully saturated rings. The van der Waals surface area contributed by atoms with Crippen molar-refractivity contribution in [3.05, 3.63) is 22.7 Å². The molecule has 3 nitrogen and oxygen atoms in total. The number of hydrogen-bond acceptors (Lipinski definition) is 3. The molecule has 1 aromatic rings. The largest absolute Gasteiger partial charge is 0.454 e. The van der Waals surface area contributed by atoms with Crippen LogP contribution in [-0.4, -0.2) is 13.3 Å². The first-order valence-electron chi connectivity index (χ1n) is 7.80. The molecule has 118 valence electrons. The SMILES string of the molecule is CCCCCC(C)(C)CNCc1cc(Cl)c2c(c1)OCO2. The predicted molar refractivity (Wildman–Crippen MR) is 87.2 cm³/mol. The van der Waals surface area contributed by atoms with Crippen LogP contribution in [0.3, 0.4) is 0 Å². The van der Waals surface area contributed by atoms with Gasteiger partial charge in [0.2, 0.25) is 6.79 Å². The van der Waals surface area contributed by atoms with Gasteiger partial charge in [-0.1, -0.05) is 51.6 Å². The normalized spacial score (nSPS) is 13.7. The van der Waals surface area contributed by atoms with Gasteiger partial charge in [-0.15, -0.1) is 0 Å². The minimum Gasteiger partial charge on any atom is -0.454 e. The van der Waals surface area contributed by atoms with E-state index in [0.29, 0.717) is 16.2 Å². The van der Waals surface area contributed by atoms with Crippen molar-refractivity contribution in [2.24, 2.45) is 5.41 Å². The summed E-state index contributed by atoms with van der Waals surface area (Å²) >= 11 is 6.20. The molecule has 0 spiro atoms. The average molecular weight is 312 g/mol. The Hall–Kier alpha value is -0.930. The van der Waals surface area contributed by atoms with Crippen molar-refractivity contribution in [3.63, 3.8) is 0 Å². The van der Waals surface area contributed by atoms with Crippen molar-refractivity contribution in [2.75, 3.05) is 13.3 Å². The summed E-state index contributed by atoms with van der Waals surface area (Å²) in [5, 5.41) is 4.16. The maximum atomic E-state index is 6.20. The fourth-order valence-corrected chi connectivity index (χ4v) is 2.90. The van der Waals surface area contributed by atoms with Gasteiger partial charge in [-0.2, -0.15) is 0 Å². The zero-order valence-corrected chi connectivity index (χ0v) is 14.1. The fraction of sp³-hybridized carbons (Fsp3) is 0.647. The fourth-order valence-electron chi connectivity index (χ4n) is 2.61. The van der Waals surface area contributed by atoms with E-state index < -0.39 is 0 Å². The molecular weight excluding hydrogens is 286 g/mol. The first-order valence-corrected chi connectivity index (χ1v) is 8.18. The van der Waals surface area contributed by atoms with Crippen LogP contribution in [-0.2, 0) is 6.54 Å². The third kappa shape index (κ3) is 4.79. The van der Waals surface area contributed by atoms with Gasteiger partial charge in [0.15, 0.2) is 11.5 Å². The Morgan fingerprint density at radius 1 is 1.24 bits per heavy atom. The summed E-state index contributed by atoms with van der Waals surface area (Å²) in [6.07, 6.45) is 5.16. The van der Waals surface area contributed by atoms with E-state index in [4.69, 9.17) is 21.1 Å². The molecule has 0 aliphatic carbocycles. The van der Waals surface area contributed by atoms with E-state index in [1.54, 1.807) is 0 Å². The van der Waals surface area contributed by atoms with Crippen molar-refractivity contribution in [1.29, 1.82) is 0 Å². The van der Waals surface area contributed by atoms with Crippen molar-refractivity contribution >= 4 is 11.6 Å². The Kier molecular flexibility index (Phi) is 5.77. The van der Waals surface area contributed by atoms with Crippen LogP contribution < -0.4 is 14.8 Å². The van der Waals surface area contributed by atoms with Crippen LogP contribution in [0, 0.1) is 5.41 Å². The van der Waals surface area contributed by atoms with Crippen LogP contribution >= 0.6 is 11.6 Å². The smallest absolute Gasteiger partial charge is 0.231 e. The van der Waals surface area contributed by atoms with Gasteiger partial charge in [0.25, 0.3) is 0 Å². The molecule has 0 saturated carbocycles. The zero-order chi connectivity index (χ0) is 15.3. The van der Waals surface area contributed by atoms with E-state index in [1.807, 2.05) is 12.1 Å². The number of rotatable bonds is 8. The number of halogens is 1. The van der Waals surface area contributed by atoms with Crippen LogP contribution in [0.5, 0.6) is 11.5 Å². The van der Waals surface area contributed by atoms with Crippen molar-refractivity contribution in [2.45, 2.75) is 53.0 Å². The Labute approximate surface area is 133 Å². The van der Waals surface area contributed by atoms with E-state index in [2.05, 4.69) is 26.1 Å². The van der Waals surface area contributed by atoms with E-state index in [9.17, 15) is 0 Å². The highest BCUT2D eigenvalue weighted by Crippen LogP contribution is 2.39. The maximum absolute atomic E-state index is 6.20. The molecule has 0 unspecified atom stereocenters. The molecule has 1 aliphatic rings. The molecule has 21 heavy (non-hydrogen) atoms. The van der Waals surface area contributed by atoms with Gasteiger partial charge in [-0.25, -0.2) is 0 Å². The molecule has 0 radical (unpaired) electrons. The third-order valence-corrected chi connectivity index (χ3v) is 4.16. The van der Waals surface area contributed by atoms with Gasteiger partial charge in [-0.05, 0) is 29.5 Å². The minimum atomic E-state index is 0.260. The lowest BCUT2D eigenvalue weighted by Crippen LogP contribution is -2.29. The molecule has 0 aromatic heterocycles. The number of nitrogens with one attached hydrogen (secondary N) is 1. The summed E-state index contributed by atoms with van der Waals surface area (Å²) in [7, 11) is 0. The Morgan fingerprint density at radius 2 is 2.05 bits per heavy atom. The van der Waals surface area contributed by atoms with Crippen LogP contribution in [0.4, 0.5) is 0 Å². The average Bonchev–Trinajstić information content (AvgIpc) is 2.87. The second-order valence-electron chi connectivity index (χ2n) is 6.54. The predicted octanol–water partition coefficient (Wildman–Crippen LogP) is 4.76. The standard InChI is InChI=1S/C17H26ClNO2/c1-4-5-6-7-17(2,3)11-19-10-13-8-14(18)16-15(9-13)20-12-21-16/h8-9,19H,4-7,10-12H2,1-3H3. The summed E-state index contributed by atoms with van der Waals surface area (Å²) in [6, 6.07) is 3.96. The first kappa shape index (κ1) is 16.4. The first-order chi connectivity index (χ1) is 10.0. The summed E-state index contributed by atoms with van der Waals surface area (Å²) in [5.74, 6) is 1.42. The Bertz CT molecular complexity index is 474. The lowest BCUT2D eigenvalue weighted by molar-refractivity contribution is 0.174. The second-order valence-corrected chi connectivity index (χ2v) is 6.94. The molecule has 0 saturated heterocycles.